The lowest BCUT2D eigenvalue weighted by molar-refractivity contribution is -0.117. The summed E-state index contributed by atoms with van der Waals surface area (Å²) in [7, 11) is 0. The van der Waals surface area contributed by atoms with Crippen LogP contribution in [0.3, 0.4) is 0 Å². The maximum atomic E-state index is 12.0. The van der Waals surface area contributed by atoms with Crippen LogP contribution in [0.5, 0.6) is 0 Å². The number of rotatable bonds is 6. The third kappa shape index (κ3) is 4.85. The van der Waals surface area contributed by atoms with Crippen molar-refractivity contribution in [2.24, 2.45) is 5.92 Å². The molecule has 1 saturated heterocycles. The summed E-state index contributed by atoms with van der Waals surface area (Å²) in [6.45, 7) is 8.64. The number of hydrogen-bond acceptors (Lipinski definition) is 5. The second-order valence-electron chi connectivity index (χ2n) is 5.36. The summed E-state index contributed by atoms with van der Waals surface area (Å²) in [6.07, 6.45) is 2.42. The number of carbonyl (C=O) groups is 1. The molecule has 2 N–H and O–H groups in total. The molecule has 0 saturated carbocycles. The predicted octanol–water partition coefficient (Wildman–Crippen LogP) is 1.71. The Morgan fingerprint density at radius 2 is 2.30 bits per heavy atom. The smallest absolute Gasteiger partial charge is 0.240 e. The van der Waals surface area contributed by atoms with Crippen LogP contribution < -0.4 is 10.6 Å². The van der Waals surface area contributed by atoms with Crippen LogP contribution in [0.25, 0.3) is 0 Å². The molecule has 112 valence electrons. The van der Waals surface area contributed by atoms with Gasteiger partial charge in [0.1, 0.15) is 0 Å². The Morgan fingerprint density at radius 1 is 1.55 bits per heavy atom. The molecule has 0 bridgehead atoms. The van der Waals surface area contributed by atoms with Gasteiger partial charge in [0.2, 0.25) is 5.91 Å². The van der Waals surface area contributed by atoms with Crippen molar-refractivity contribution in [2.45, 2.75) is 26.7 Å². The molecule has 0 spiro atoms. The van der Waals surface area contributed by atoms with E-state index in [2.05, 4.69) is 27.4 Å². The number of piperidine rings is 1. The molecule has 6 heteroatoms. The van der Waals surface area contributed by atoms with E-state index in [9.17, 15) is 4.79 Å². The molecule has 2 rings (SSSR count). The first-order valence-electron chi connectivity index (χ1n) is 7.32. The van der Waals surface area contributed by atoms with E-state index in [1.54, 1.807) is 0 Å². The fourth-order valence-corrected chi connectivity index (χ4v) is 3.21. The third-order valence-electron chi connectivity index (χ3n) is 3.65. The number of aromatic nitrogens is 1. The zero-order chi connectivity index (χ0) is 14.4. The van der Waals surface area contributed by atoms with Gasteiger partial charge in [-0.15, -0.1) is 11.3 Å². The van der Waals surface area contributed by atoms with E-state index >= 15 is 0 Å². The molecule has 1 aromatic heterocycles. The highest BCUT2D eigenvalue weighted by atomic mass is 32.1. The number of thiazole rings is 1. The molecular weight excluding hydrogens is 272 g/mol. The fraction of sp³-hybridized carbons (Fsp3) is 0.714. The van der Waals surface area contributed by atoms with Gasteiger partial charge in [0.05, 0.1) is 12.2 Å². The first-order valence-corrected chi connectivity index (χ1v) is 8.20. The lowest BCUT2D eigenvalue weighted by atomic mass is 9.97. The van der Waals surface area contributed by atoms with Crippen molar-refractivity contribution in [3.05, 3.63) is 11.1 Å². The molecule has 0 aromatic carbocycles. The number of nitrogens with zero attached hydrogens (tertiary/aromatic N) is 2. The first-order chi connectivity index (χ1) is 9.67. The number of carbonyl (C=O) groups excluding carboxylic acids is 1. The standard InChI is InChI=1S/C14H24N4OS/c1-3-18(8-12-4-6-15-7-5-12)9-13(19)17-14-16-11(2)10-20-14/h10,12,15H,3-9H2,1-2H3,(H,16,17,19). The second-order valence-corrected chi connectivity index (χ2v) is 6.22. The molecule has 0 aliphatic carbocycles. The molecule has 0 unspecified atom stereocenters. The van der Waals surface area contributed by atoms with E-state index in [1.165, 1.54) is 24.2 Å². The number of amides is 1. The quantitative estimate of drug-likeness (QED) is 0.839. The number of likely N-dealkylation sites (N-methyl/N-ethyl adjacent to an activating group) is 1. The Bertz CT molecular complexity index is 429. The molecule has 5 nitrogen and oxygen atoms in total. The van der Waals surface area contributed by atoms with Gasteiger partial charge >= 0.3 is 0 Å². The number of aryl methyl sites for hydroxylation is 1. The molecule has 0 radical (unpaired) electrons. The van der Waals surface area contributed by atoms with E-state index in [1.807, 2.05) is 12.3 Å². The summed E-state index contributed by atoms with van der Waals surface area (Å²) in [6, 6.07) is 0. The van der Waals surface area contributed by atoms with Crippen molar-refractivity contribution in [3.8, 4) is 0 Å². The van der Waals surface area contributed by atoms with E-state index in [4.69, 9.17) is 0 Å². The molecule has 1 amide bonds. The number of anilines is 1. The molecule has 2 heterocycles. The van der Waals surface area contributed by atoms with E-state index < -0.39 is 0 Å². The summed E-state index contributed by atoms with van der Waals surface area (Å²) < 4.78 is 0. The molecular formula is C14H24N4OS. The van der Waals surface area contributed by atoms with Crippen LogP contribution >= 0.6 is 11.3 Å². The summed E-state index contributed by atoms with van der Waals surface area (Å²) in [5, 5.41) is 8.90. The van der Waals surface area contributed by atoms with Gasteiger partial charge in [-0.05, 0) is 45.3 Å². The summed E-state index contributed by atoms with van der Waals surface area (Å²) >= 11 is 1.48. The van der Waals surface area contributed by atoms with Crippen LogP contribution in [0.4, 0.5) is 5.13 Å². The average molecular weight is 296 g/mol. The minimum absolute atomic E-state index is 0.0372. The van der Waals surface area contributed by atoms with Gasteiger partial charge < -0.3 is 10.6 Å². The maximum absolute atomic E-state index is 12.0. The average Bonchev–Trinajstić information content (AvgIpc) is 2.84. The predicted molar refractivity (Wildman–Crippen MR) is 83.2 cm³/mol. The van der Waals surface area contributed by atoms with Crippen molar-refractivity contribution in [2.75, 3.05) is 38.0 Å². The lowest BCUT2D eigenvalue weighted by Crippen LogP contribution is -2.39. The second kappa shape index (κ2) is 7.71. The Balaban J connectivity index is 1.78. The normalized spacial score (nSPS) is 16.6. The Morgan fingerprint density at radius 3 is 2.90 bits per heavy atom. The number of hydrogen-bond donors (Lipinski definition) is 2. The van der Waals surface area contributed by atoms with Gasteiger partial charge in [-0.2, -0.15) is 0 Å². The van der Waals surface area contributed by atoms with Crippen LogP contribution in [0, 0.1) is 12.8 Å². The zero-order valence-electron chi connectivity index (χ0n) is 12.3. The first kappa shape index (κ1) is 15.4. The minimum atomic E-state index is 0.0372. The van der Waals surface area contributed by atoms with E-state index in [0.717, 1.165) is 31.9 Å². The fourth-order valence-electron chi connectivity index (χ4n) is 2.51. The monoisotopic (exact) mass is 296 g/mol. The van der Waals surface area contributed by atoms with E-state index in [-0.39, 0.29) is 5.91 Å². The van der Waals surface area contributed by atoms with Crippen LogP contribution in [-0.2, 0) is 4.79 Å². The minimum Gasteiger partial charge on any atom is -0.317 e. The van der Waals surface area contributed by atoms with Gasteiger partial charge in [-0.25, -0.2) is 4.98 Å². The van der Waals surface area contributed by atoms with Crippen molar-refractivity contribution >= 4 is 22.4 Å². The Kier molecular flexibility index (Phi) is 5.94. The summed E-state index contributed by atoms with van der Waals surface area (Å²) in [5.74, 6) is 0.751. The topological polar surface area (TPSA) is 57.3 Å². The molecule has 20 heavy (non-hydrogen) atoms. The molecule has 0 atom stereocenters. The zero-order valence-corrected chi connectivity index (χ0v) is 13.1. The highest BCUT2D eigenvalue weighted by Crippen LogP contribution is 2.15. The van der Waals surface area contributed by atoms with Gasteiger partial charge in [0.15, 0.2) is 5.13 Å². The van der Waals surface area contributed by atoms with Gasteiger partial charge in [-0.1, -0.05) is 6.92 Å². The summed E-state index contributed by atoms with van der Waals surface area (Å²) in [4.78, 5) is 18.5. The summed E-state index contributed by atoms with van der Waals surface area (Å²) in [5.41, 5.74) is 0.951. The molecule has 1 aliphatic heterocycles. The third-order valence-corrected chi connectivity index (χ3v) is 4.53. The maximum Gasteiger partial charge on any atom is 0.240 e. The highest BCUT2D eigenvalue weighted by Gasteiger charge is 2.18. The van der Waals surface area contributed by atoms with E-state index in [0.29, 0.717) is 17.6 Å². The van der Waals surface area contributed by atoms with Crippen molar-refractivity contribution in [1.82, 2.24) is 15.2 Å². The Labute approximate surface area is 124 Å². The lowest BCUT2D eigenvalue weighted by Gasteiger charge is -2.28. The van der Waals surface area contributed by atoms with Gasteiger partial charge in [0.25, 0.3) is 0 Å². The molecule has 1 aliphatic rings. The molecule has 1 aromatic rings. The van der Waals surface area contributed by atoms with Crippen LogP contribution in [0.1, 0.15) is 25.5 Å². The van der Waals surface area contributed by atoms with Crippen molar-refractivity contribution in [1.29, 1.82) is 0 Å². The largest absolute Gasteiger partial charge is 0.317 e. The van der Waals surface area contributed by atoms with Crippen molar-refractivity contribution in [3.63, 3.8) is 0 Å². The SMILES string of the molecule is CCN(CC(=O)Nc1nc(C)cs1)CC1CCNCC1. The van der Waals surface area contributed by atoms with Crippen LogP contribution in [-0.4, -0.2) is 48.5 Å². The van der Waals surface area contributed by atoms with Crippen molar-refractivity contribution < 1.29 is 4.79 Å². The van der Waals surface area contributed by atoms with Crippen LogP contribution in [0.15, 0.2) is 5.38 Å². The highest BCUT2D eigenvalue weighted by molar-refractivity contribution is 7.13. The van der Waals surface area contributed by atoms with Gasteiger partial charge in [0, 0.05) is 11.9 Å². The number of nitrogens with one attached hydrogen (secondary N) is 2. The molecule has 1 fully saturated rings. The Hall–Kier alpha value is -0.980. The van der Waals surface area contributed by atoms with Gasteiger partial charge in [-0.3, -0.25) is 9.69 Å². The van der Waals surface area contributed by atoms with Crippen LogP contribution in [0.2, 0.25) is 0 Å².